The number of hydrogen-bond donors (Lipinski definition) is 1. The molecular formula is C49H34N4. The summed E-state index contributed by atoms with van der Waals surface area (Å²) in [6.07, 6.45) is 7.52. The van der Waals surface area contributed by atoms with Crippen LogP contribution in [-0.2, 0) is 0 Å². The maximum absolute atomic E-state index is 4.56. The molecule has 250 valence electrons. The predicted molar refractivity (Wildman–Crippen MR) is 218 cm³/mol. The molecule has 0 aliphatic rings. The lowest BCUT2D eigenvalue weighted by Crippen LogP contribution is -1.92. The monoisotopic (exact) mass is 678 g/mol. The topological polar surface area (TPSA) is 54.5 Å². The Morgan fingerprint density at radius 3 is 0.981 bits per heavy atom. The summed E-state index contributed by atoms with van der Waals surface area (Å²) in [7, 11) is 0. The molecule has 0 atom stereocenters. The maximum Gasteiger partial charge on any atom is 0.0701 e. The van der Waals surface area contributed by atoms with Crippen LogP contribution < -0.4 is 0 Å². The molecule has 0 unspecified atom stereocenters. The highest BCUT2D eigenvalue weighted by atomic mass is 15.1. The van der Waals surface area contributed by atoms with Crippen LogP contribution in [0, 0.1) is 0 Å². The van der Waals surface area contributed by atoms with Crippen molar-refractivity contribution in [1.82, 2.24) is 20.2 Å². The highest BCUT2D eigenvalue weighted by Crippen LogP contribution is 2.42. The van der Waals surface area contributed by atoms with Crippen LogP contribution in [0.15, 0.2) is 201 Å². The molecule has 0 aliphatic heterocycles. The zero-order valence-electron chi connectivity index (χ0n) is 28.9. The van der Waals surface area contributed by atoms with E-state index >= 15 is 0 Å². The average molecular weight is 679 g/mol. The second-order valence-corrected chi connectivity index (χ2v) is 13.0. The first-order valence-corrected chi connectivity index (χ1v) is 17.7. The van der Waals surface area contributed by atoms with Gasteiger partial charge >= 0.3 is 0 Å². The van der Waals surface area contributed by atoms with Crippen molar-refractivity contribution < 1.29 is 0 Å². The summed E-state index contributed by atoms with van der Waals surface area (Å²) in [5.74, 6) is 0. The number of nitrogens with zero attached hydrogens (tertiary/aromatic N) is 3. The molecule has 3 aromatic heterocycles. The van der Waals surface area contributed by atoms with Crippen LogP contribution in [0.3, 0.4) is 0 Å². The molecule has 9 aromatic rings. The largest absolute Gasteiger partial charge is 0.285 e. The van der Waals surface area contributed by atoms with E-state index in [4.69, 9.17) is 0 Å². The van der Waals surface area contributed by atoms with Crippen molar-refractivity contribution in [2.45, 2.75) is 0 Å². The second-order valence-electron chi connectivity index (χ2n) is 13.0. The van der Waals surface area contributed by atoms with Gasteiger partial charge in [-0.1, -0.05) is 133 Å². The van der Waals surface area contributed by atoms with E-state index in [0.29, 0.717) is 0 Å². The number of rotatable bonds is 8. The second kappa shape index (κ2) is 14.2. The standard InChI is InChI=1S/C49H34N4/c1-3-13-44(42(11-1)34-19-23-36(24-20-34)48-17-7-9-27-50-48)38-29-39(31-40(30-38)46-15-5-6-16-47(46)41-32-52-53-33-41)45-14-4-2-12-43(45)35-21-25-37(26-22-35)49-18-8-10-28-51-49/h1-33H,(H,52,53). The van der Waals surface area contributed by atoms with Gasteiger partial charge in [0.15, 0.2) is 0 Å². The van der Waals surface area contributed by atoms with E-state index in [1.54, 1.807) is 0 Å². The van der Waals surface area contributed by atoms with E-state index in [0.717, 1.165) is 67.0 Å². The Hall–Kier alpha value is -7.17. The highest BCUT2D eigenvalue weighted by molar-refractivity contribution is 5.94. The fraction of sp³-hybridized carbons (Fsp3) is 0. The smallest absolute Gasteiger partial charge is 0.0701 e. The van der Waals surface area contributed by atoms with Crippen molar-refractivity contribution in [1.29, 1.82) is 0 Å². The Morgan fingerprint density at radius 2 is 0.642 bits per heavy atom. The lowest BCUT2D eigenvalue weighted by molar-refractivity contribution is 1.09. The van der Waals surface area contributed by atoms with Gasteiger partial charge in [0.2, 0.25) is 0 Å². The highest BCUT2D eigenvalue weighted by Gasteiger charge is 2.16. The summed E-state index contributed by atoms with van der Waals surface area (Å²) in [5, 5.41) is 7.28. The van der Waals surface area contributed by atoms with Crippen molar-refractivity contribution >= 4 is 0 Å². The summed E-state index contributed by atoms with van der Waals surface area (Å²) < 4.78 is 0. The fourth-order valence-corrected chi connectivity index (χ4v) is 7.16. The van der Waals surface area contributed by atoms with Crippen LogP contribution >= 0.6 is 0 Å². The van der Waals surface area contributed by atoms with Crippen molar-refractivity contribution in [3.8, 4) is 89.3 Å². The first kappa shape index (κ1) is 31.8. The van der Waals surface area contributed by atoms with Crippen molar-refractivity contribution in [2.24, 2.45) is 0 Å². The molecular weight excluding hydrogens is 645 g/mol. The van der Waals surface area contributed by atoms with Crippen molar-refractivity contribution in [3.05, 3.63) is 201 Å². The molecule has 9 rings (SSSR count). The van der Waals surface area contributed by atoms with Gasteiger partial charge in [-0.2, -0.15) is 5.10 Å². The minimum absolute atomic E-state index is 0.964. The molecule has 0 bridgehead atoms. The summed E-state index contributed by atoms with van der Waals surface area (Å²) in [6, 6.07) is 62.4. The third-order valence-corrected chi connectivity index (χ3v) is 9.77. The number of pyridine rings is 2. The molecule has 4 heteroatoms. The van der Waals surface area contributed by atoms with E-state index < -0.39 is 0 Å². The van der Waals surface area contributed by atoms with Crippen LogP contribution in [-0.4, -0.2) is 20.2 Å². The Bertz CT molecular complexity index is 2480. The summed E-state index contributed by atoms with van der Waals surface area (Å²) >= 11 is 0. The van der Waals surface area contributed by atoms with E-state index in [1.807, 2.05) is 61.2 Å². The fourth-order valence-electron chi connectivity index (χ4n) is 7.16. The first-order chi connectivity index (χ1) is 26.3. The lowest BCUT2D eigenvalue weighted by atomic mass is 9.86. The zero-order valence-corrected chi connectivity index (χ0v) is 28.9. The van der Waals surface area contributed by atoms with E-state index in [2.05, 4.69) is 160 Å². The van der Waals surface area contributed by atoms with Gasteiger partial charge in [-0.25, -0.2) is 0 Å². The molecule has 3 heterocycles. The van der Waals surface area contributed by atoms with Gasteiger partial charge in [0.1, 0.15) is 0 Å². The molecule has 1 N–H and O–H groups in total. The van der Waals surface area contributed by atoms with Crippen LogP contribution in [0.2, 0.25) is 0 Å². The molecule has 0 saturated carbocycles. The van der Waals surface area contributed by atoms with Crippen LogP contribution in [0.4, 0.5) is 0 Å². The predicted octanol–water partition coefficient (Wildman–Crippen LogP) is 12.5. The molecule has 0 aliphatic carbocycles. The van der Waals surface area contributed by atoms with Gasteiger partial charge in [0.25, 0.3) is 0 Å². The third kappa shape index (κ3) is 6.46. The lowest BCUT2D eigenvalue weighted by Gasteiger charge is -2.18. The molecule has 0 amide bonds. The summed E-state index contributed by atoms with van der Waals surface area (Å²) in [5.41, 5.74) is 17.8. The van der Waals surface area contributed by atoms with Gasteiger partial charge < -0.3 is 0 Å². The first-order valence-electron chi connectivity index (χ1n) is 17.7. The third-order valence-electron chi connectivity index (χ3n) is 9.77. The van der Waals surface area contributed by atoms with Crippen molar-refractivity contribution in [3.63, 3.8) is 0 Å². The minimum Gasteiger partial charge on any atom is -0.285 e. The Labute approximate surface area is 309 Å². The quantitative estimate of drug-likeness (QED) is 0.174. The number of hydrogen-bond acceptors (Lipinski definition) is 3. The summed E-state index contributed by atoms with van der Waals surface area (Å²) in [4.78, 5) is 9.11. The van der Waals surface area contributed by atoms with Gasteiger partial charge in [0, 0.05) is 35.3 Å². The number of nitrogens with one attached hydrogen (secondary N) is 1. The van der Waals surface area contributed by atoms with Gasteiger partial charge in [0.05, 0.1) is 17.6 Å². The van der Waals surface area contributed by atoms with Crippen LogP contribution in [0.1, 0.15) is 0 Å². The van der Waals surface area contributed by atoms with Crippen LogP contribution in [0.25, 0.3) is 89.3 Å². The Kier molecular flexibility index (Phi) is 8.53. The normalized spacial score (nSPS) is 11.0. The van der Waals surface area contributed by atoms with Crippen molar-refractivity contribution in [2.75, 3.05) is 0 Å². The average Bonchev–Trinajstić information content (AvgIpc) is 3.80. The van der Waals surface area contributed by atoms with Gasteiger partial charge in [-0.05, 0) is 104 Å². The van der Waals surface area contributed by atoms with E-state index in [9.17, 15) is 0 Å². The number of benzene rings is 6. The molecule has 6 aromatic carbocycles. The maximum atomic E-state index is 4.56. The Morgan fingerprint density at radius 1 is 0.302 bits per heavy atom. The van der Waals surface area contributed by atoms with Gasteiger partial charge in [-0.15, -0.1) is 0 Å². The molecule has 0 radical (unpaired) electrons. The zero-order chi connectivity index (χ0) is 35.4. The SMILES string of the molecule is c1ccc(-c2ccc(-c3ccccc3-c3cc(-c4ccccc4-c4ccc(-c5ccccn5)cc4)cc(-c4ccccc4-c4cn[nH]c4)c3)cc2)nc1. The van der Waals surface area contributed by atoms with E-state index in [1.165, 1.54) is 22.3 Å². The molecule has 53 heavy (non-hydrogen) atoms. The number of aromatic amines is 1. The Balaban J connectivity index is 1.20. The van der Waals surface area contributed by atoms with Crippen LogP contribution in [0.5, 0.6) is 0 Å². The molecule has 4 nitrogen and oxygen atoms in total. The van der Waals surface area contributed by atoms with Gasteiger partial charge in [-0.3, -0.25) is 15.1 Å². The molecule has 0 spiro atoms. The number of aromatic nitrogens is 4. The minimum atomic E-state index is 0.964. The molecule has 0 fully saturated rings. The molecule has 0 saturated heterocycles. The number of H-pyrrole nitrogens is 1. The van der Waals surface area contributed by atoms with E-state index in [-0.39, 0.29) is 0 Å². The summed E-state index contributed by atoms with van der Waals surface area (Å²) in [6.45, 7) is 0.